The Bertz CT molecular complexity index is 717. The topological polar surface area (TPSA) is 263 Å². The summed E-state index contributed by atoms with van der Waals surface area (Å²) in [6.45, 7) is 1.72. The maximum atomic E-state index is 12.6. The number of unbranched alkanes of at least 4 members (excludes halogenated alkanes) is 1. The van der Waals surface area contributed by atoms with E-state index < -0.39 is 59.7 Å². The zero-order chi connectivity index (χ0) is 25.6. The Morgan fingerprint density at radius 3 is 1.82 bits per heavy atom. The van der Waals surface area contributed by atoms with Crippen molar-refractivity contribution in [1.29, 1.82) is 0 Å². The Morgan fingerprint density at radius 1 is 0.758 bits per heavy atom. The van der Waals surface area contributed by atoms with E-state index in [1.807, 2.05) is 0 Å². The molecule has 0 aliphatic rings. The van der Waals surface area contributed by atoms with E-state index in [9.17, 15) is 33.9 Å². The number of amides is 5. The first kappa shape index (κ1) is 29.7. The smallest absolute Gasteiger partial charge is 0.326 e. The molecular formula is C19H35N7O7. The first-order valence-electron chi connectivity index (χ1n) is 10.5. The number of carboxylic acids is 1. The fourth-order valence-corrected chi connectivity index (χ4v) is 2.69. The van der Waals surface area contributed by atoms with Crippen molar-refractivity contribution in [2.45, 2.75) is 76.0 Å². The number of carbonyl (C=O) groups is 6. The predicted octanol–water partition coefficient (Wildman–Crippen LogP) is -3.47. The third kappa shape index (κ3) is 13.0. The van der Waals surface area contributed by atoms with Gasteiger partial charge in [-0.15, -0.1) is 0 Å². The van der Waals surface area contributed by atoms with Crippen LogP contribution >= 0.6 is 0 Å². The lowest BCUT2D eigenvalue weighted by Crippen LogP contribution is -2.56. The zero-order valence-corrected chi connectivity index (χ0v) is 18.7. The molecule has 0 fully saturated rings. The normalized spacial score (nSPS) is 14.3. The highest BCUT2D eigenvalue weighted by Crippen LogP contribution is 2.04. The minimum Gasteiger partial charge on any atom is -0.480 e. The second-order valence-corrected chi connectivity index (χ2v) is 7.59. The van der Waals surface area contributed by atoms with Crippen LogP contribution in [0.1, 0.15) is 51.9 Å². The third-order valence-corrected chi connectivity index (χ3v) is 4.66. The van der Waals surface area contributed by atoms with Crippen LogP contribution in [0.4, 0.5) is 0 Å². The molecule has 0 aromatic heterocycles. The number of aliphatic carboxylic acids is 1. The average Bonchev–Trinajstić information content (AvgIpc) is 2.73. The zero-order valence-electron chi connectivity index (χ0n) is 18.7. The van der Waals surface area contributed by atoms with Gasteiger partial charge in [0.25, 0.3) is 0 Å². The van der Waals surface area contributed by atoms with Crippen LogP contribution in [0.15, 0.2) is 0 Å². The van der Waals surface area contributed by atoms with E-state index >= 15 is 0 Å². The minimum absolute atomic E-state index is 0.0507. The van der Waals surface area contributed by atoms with Crippen LogP contribution in [0.2, 0.25) is 0 Å². The molecule has 0 rings (SSSR count). The lowest BCUT2D eigenvalue weighted by Gasteiger charge is -2.23. The van der Waals surface area contributed by atoms with Gasteiger partial charge in [0.2, 0.25) is 29.5 Å². The highest BCUT2D eigenvalue weighted by Gasteiger charge is 2.28. The molecule has 0 saturated heterocycles. The molecule has 0 aromatic rings. The molecule has 0 saturated carbocycles. The van der Waals surface area contributed by atoms with Gasteiger partial charge in [-0.1, -0.05) is 0 Å². The molecule has 0 aromatic carbocycles. The summed E-state index contributed by atoms with van der Waals surface area (Å²) in [6.07, 6.45) is 0.656. The van der Waals surface area contributed by atoms with Crippen molar-refractivity contribution in [3.8, 4) is 0 Å². The molecule has 188 valence electrons. The largest absolute Gasteiger partial charge is 0.480 e. The lowest BCUT2D eigenvalue weighted by atomic mass is 10.1. The highest BCUT2D eigenvalue weighted by atomic mass is 16.4. The Kier molecular flexibility index (Phi) is 14.0. The van der Waals surface area contributed by atoms with Gasteiger partial charge in [-0.3, -0.25) is 24.0 Å². The number of hydrogen-bond donors (Lipinski definition) is 8. The molecule has 0 heterocycles. The summed E-state index contributed by atoms with van der Waals surface area (Å²) in [5.41, 5.74) is 21.2. The molecule has 14 heteroatoms. The Morgan fingerprint density at radius 2 is 1.30 bits per heavy atom. The van der Waals surface area contributed by atoms with Crippen LogP contribution in [0.3, 0.4) is 0 Å². The Balaban J connectivity index is 5.07. The predicted molar refractivity (Wildman–Crippen MR) is 117 cm³/mol. The summed E-state index contributed by atoms with van der Waals surface area (Å²) >= 11 is 0. The minimum atomic E-state index is -1.25. The molecule has 4 atom stereocenters. The highest BCUT2D eigenvalue weighted by molar-refractivity contribution is 5.94. The van der Waals surface area contributed by atoms with Crippen LogP contribution in [-0.2, 0) is 28.8 Å². The van der Waals surface area contributed by atoms with Gasteiger partial charge in [-0.25, -0.2) is 4.79 Å². The maximum Gasteiger partial charge on any atom is 0.326 e. The Hall–Kier alpha value is -3.26. The van der Waals surface area contributed by atoms with Crippen LogP contribution in [-0.4, -0.2) is 71.3 Å². The van der Waals surface area contributed by atoms with Crippen LogP contribution in [0.25, 0.3) is 0 Å². The van der Waals surface area contributed by atoms with Crippen molar-refractivity contribution in [3.63, 3.8) is 0 Å². The van der Waals surface area contributed by atoms with Crippen LogP contribution in [0, 0.1) is 0 Å². The molecule has 5 amide bonds. The van der Waals surface area contributed by atoms with Crippen molar-refractivity contribution in [1.82, 2.24) is 16.0 Å². The second-order valence-electron chi connectivity index (χ2n) is 7.59. The molecular weight excluding hydrogens is 438 g/mol. The maximum absolute atomic E-state index is 12.6. The number of nitrogens with one attached hydrogen (secondary N) is 3. The summed E-state index contributed by atoms with van der Waals surface area (Å²) in [5.74, 6) is -4.90. The molecule has 12 N–H and O–H groups in total. The van der Waals surface area contributed by atoms with Gasteiger partial charge in [0, 0.05) is 12.8 Å². The lowest BCUT2D eigenvalue weighted by molar-refractivity contribution is -0.142. The molecule has 4 unspecified atom stereocenters. The van der Waals surface area contributed by atoms with E-state index in [1.165, 1.54) is 6.92 Å². The van der Waals surface area contributed by atoms with Crippen LogP contribution in [0.5, 0.6) is 0 Å². The van der Waals surface area contributed by atoms with Crippen molar-refractivity contribution in [2.75, 3.05) is 6.54 Å². The van der Waals surface area contributed by atoms with Crippen LogP contribution < -0.4 is 38.9 Å². The number of hydrogen-bond acceptors (Lipinski definition) is 8. The van der Waals surface area contributed by atoms with E-state index in [-0.39, 0.29) is 32.1 Å². The molecule has 0 aliphatic heterocycles. The number of primary amides is 2. The average molecular weight is 474 g/mol. The SMILES string of the molecule is CC(NC(=O)C(CCC(N)=O)NC(=O)C(N)CCC(N)=O)C(=O)NC(CCCCN)C(=O)O. The molecule has 0 aliphatic carbocycles. The van der Waals surface area contributed by atoms with Crippen molar-refractivity contribution in [2.24, 2.45) is 22.9 Å². The van der Waals surface area contributed by atoms with Gasteiger partial charge >= 0.3 is 5.97 Å². The summed E-state index contributed by atoms with van der Waals surface area (Å²) < 4.78 is 0. The van der Waals surface area contributed by atoms with E-state index in [0.29, 0.717) is 19.4 Å². The first-order valence-corrected chi connectivity index (χ1v) is 10.5. The van der Waals surface area contributed by atoms with Gasteiger partial charge in [-0.05, 0) is 45.6 Å². The summed E-state index contributed by atoms with van der Waals surface area (Å²) in [7, 11) is 0. The number of rotatable bonds is 17. The fourth-order valence-electron chi connectivity index (χ4n) is 2.69. The molecule has 0 bridgehead atoms. The van der Waals surface area contributed by atoms with Crippen molar-refractivity contribution < 1.29 is 33.9 Å². The molecule has 0 spiro atoms. The monoisotopic (exact) mass is 473 g/mol. The van der Waals surface area contributed by atoms with E-state index in [1.54, 1.807) is 0 Å². The summed E-state index contributed by atoms with van der Waals surface area (Å²) in [5, 5.41) is 16.3. The standard InChI is InChI=1S/C19H35N7O7/c1-10(16(29)26-13(19(32)33)4-2-3-9-20)24-18(31)12(6-8-15(23)28)25-17(30)11(21)5-7-14(22)27/h10-13H,2-9,20-21H2,1H3,(H2,22,27)(H2,23,28)(H,24,31)(H,25,30)(H,26,29)(H,32,33). The van der Waals surface area contributed by atoms with E-state index in [2.05, 4.69) is 16.0 Å². The molecule has 14 nitrogen and oxygen atoms in total. The molecule has 33 heavy (non-hydrogen) atoms. The van der Waals surface area contributed by atoms with Gasteiger partial charge in [-0.2, -0.15) is 0 Å². The van der Waals surface area contributed by atoms with Crippen molar-refractivity contribution in [3.05, 3.63) is 0 Å². The van der Waals surface area contributed by atoms with Gasteiger partial charge in [0.15, 0.2) is 0 Å². The van der Waals surface area contributed by atoms with Gasteiger partial charge < -0.3 is 44.0 Å². The van der Waals surface area contributed by atoms with Gasteiger partial charge in [0.05, 0.1) is 6.04 Å². The Labute approximate surface area is 191 Å². The van der Waals surface area contributed by atoms with Gasteiger partial charge in [0.1, 0.15) is 18.1 Å². The molecule has 0 radical (unpaired) electrons. The number of nitrogens with two attached hydrogens (primary N) is 4. The number of carbonyl (C=O) groups excluding carboxylic acids is 5. The van der Waals surface area contributed by atoms with E-state index in [4.69, 9.17) is 22.9 Å². The number of carboxylic acid groups (broad SMARTS) is 1. The van der Waals surface area contributed by atoms with Crippen molar-refractivity contribution >= 4 is 35.5 Å². The summed E-state index contributed by atoms with van der Waals surface area (Å²) in [4.78, 5) is 70.5. The quantitative estimate of drug-likeness (QED) is 0.0974. The second kappa shape index (κ2) is 15.5. The van der Waals surface area contributed by atoms with E-state index in [0.717, 1.165) is 0 Å². The fraction of sp³-hybridized carbons (Fsp3) is 0.684. The summed E-state index contributed by atoms with van der Waals surface area (Å²) in [6, 6.07) is -4.69. The first-order chi connectivity index (χ1) is 15.4. The third-order valence-electron chi connectivity index (χ3n) is 4.66.